The summed E-state index contributed by atoms with van der Waals surface area (Å²) in [6.45, 7) is 8.68. The summed E-state index contributed by atoms with van der Waals surface area (Å²) >= 11 is 0. The first-order chi connectivity index (χ1) is 17.6. The highest BCUT2D eigenvalue weighted by atomic mass is 16.5. The molecule has 0 bridgehead atoms. The van der Waals surface area contributed by atoms with Crippen molar-refractivity contribution in [2.24, 2.45) is 5.92 Å². The van der Waals surface area contributed by atoms with Crippen molar-refractivity contribution < 1.29 is 9.53 Å². The molecule has 36 heavy (non-hydrogen) atoms. The SMILES string of the molecule is C=Cc1cnnc(-c2c(C3CC3)nc(N3CCN(C(=O)C[C@H]4CCO4)[C@H](C4CC4)C3)c(C#N)c2C)c1. The number of pyridine rings is 1. The van der Waals surface area contributed by atoms with E-state index >= 15 is 0 Å². The molecule has 6 rings (SSSR count). The van der Waals surface area contributed by atoms with E-state index in [0.717, 1.165) is 79.2 Å². The minimum atomic E-state index is 0.0845. The Morgan fingerprint density at radius 2 is 2.08 bits per heavy atom. The number of amides is 1. The number of carbonyl (C=O) groups is 1. The van der Waals surface area contributed by atoms with Gasteiger partial charge in [0.2, 0.25) is 5.91 Å². The zero-order chi connectivity index (χ0) is 24.8. The molecule has 1 amide bonds. The van der Waals surface area contributed by atoms with Crippen molar-refractivity contribution in [2.75, 3.05) is 31.1 Å². The Bertz CT molecular complexity index is 1240. The van der Waals surface area contributed by atoms with Gasteiger partial charge in [0.15, 0.2) is 0 Å². The van der Waals surface area contributed by atoms with E-state index in [0.29, 0.717) is 36.9 Å². The fourth-order valence-electron chi connectivity index (χ4n) is 5.62. The van der Waals surface area contributed by atoms with E-state index in [4.69, 9.17) is 9.72 Å². The molecule has 0 spiro atoms. The summed E-state index contributed by atoms with van der Waals surface area (Å²) in [5.74, 6) is 1.87. The quantitative estimate of drug-likeness (QED) is 0.589. The average molecular weight is 485 g/mol. The monoisotopic (exact) mass is 484 g/mol. The highest BCUT2D eigenvalue weighted by Crippen LogP contribution is 2.46. The predicted molar refractivity (Wildman–Crippen MR) is 136 cm³/mol. The van der Waals surface area contributed by atoms with Crippen molar-refractivity contribution in [2.45, 2.75) is 63.5 Å². The molecule has 0 aromatic carbocycles. The Labute approximate surface area is 212 Å². The van der Waals surface area contributed by atoms with Gasteiger partial charge in [0.25, 0.3) is 0 Å². The van der Waals surface area contributed by atoms with Crippen LogP contribution in [0.3, 0.4) is 0 Å². The van der Waals surface area contributed by atoms with Crippen LogP contribution in [0.1, 0.15) is 66.8 Å². The molecule has 186 valence electrons. The van der Waals surface area contributed by atoms with Gasteiger partial charge in [0, 0.05) is 37.7 Å². The topological polar surface area (TPSA) is 95.2 Å². The minimum absolute atomic E-state index is 0.0845. The molecule has 8 heteroatoms. The van der Waals surface area contributed by atoms with Crippen LogP contribution in [0.25, 0.3) is 17.3 Å². The number of aromatic nitrogens is 3. The van der Waals surface area contributed by atoms with Crippen LogP contribution in [0.2, 0.25) is 0 Å². The van der Waals surface area contributed by atoms with E-state index in [1.165, 1.54) is 0 Å². The molecule has 2 aliphatic carbocycles. The van der Waals surface area contributed by atoms with Crippen LogP contribution in [0.15, 0.2) is 18.8 Å². The number of nitrogens with zero attached hydrogens (tertiary/aromatic N) is 6. The summed E-state index contributed by atoms with van der Waals surface area (Å²) in [6.07, 6.45) is 9.49. The molecular formula is C28H32N6O2. The summed E-state index contributed by atoms with van der Waals surface area (Å²) in [6, 6.07) is 4.59. The molecule has 2 aliphatic heterocycles. The Kier molecular flexibility index (Phi) is 5.96. The molecule has 4 heterocycles. The normalized spacial score (nSPS) is 23.7. The Morgan fingerprint density at radius 3 is 2.72 bits per heavy atom. The molecule has 8 nitrogen and oxygen atoms in total. The summed E-state index contributed by atoms with van der Waals surface area (Å²) in [5.41, 5.74) is 5.08. The third-order valence-corrected chi connectivity index (χ3v) is 8.10. The molecular weight excluding hydrogens is 452 g/mol. The van der Waals surface area contributed by atoms with E-state index in [1.807, 2.05) is 13.0 Å². The maximum Gasteiger partial charge on any atom is 0.225 e. The Hall–Kier alpha value is -3.31. The van der Waals surface area contributed by atoms with Crippen LogP contribution in [-0.4, -0.2) is 64.4 Å². The van der Waals surface area contributed by atoms with Gasteiger partial charge < -0.3 is 14.5 Å². The molecule has 2 atom stereocenters. The lowest BCUT2D eigenvalue weighted by Gasteiger charge is -2.43. The fraction of sp³-hybridized carbons (Fsp3) is 0.536. The van der Waals surface area contributed by atoms with Crippen LogP contribution in [-0.2, 0) is 9.53 Å². The lowest BCUT2D eigenvalue weighted by molar-refractivity contribution is -0.142. The molecule has 4 fully saturated rings. The molecule has 4 aliphatic rings. The Balaban J connectivity index is 1.34. The number of piperazine rings is 1. The van der Waals surface area contributed by atoms with Gasteiger partial charge in [-0.05, 0) is 62.1 Å². The van der Waals surface area contributed by atoms with Crippen LogP contribution < -0.4 is 4.90 Å². The van der Waals surface area contributed by atoms with Gasteiger partial charge in [-0.15, -0.1) is 0 Å². The second-order valence-corrected chi connectivity index (χ2v) is 10.6. The maximum absolute atomic E-state index is 13.1. The maximum atomic E-state index is 13.1. The third kappa shape index (κ3) is 4.26. The van der Waals surface area contributed by atoms with Gasteiger partial charge in [0.1, 0.15) is 11.9 Å². The molecule has 2 aromatic heterocycles. The third-order valence-electron chi connectivity index (χ3n) is 8.10. The average Bonchev–Trinajstić information content (AvgIpc) is 3.78. The lowest BCUT2D eigenvalue weighted by Crippen LogP contribution is -2.57. The zero-order valence-electron chi connectivity index (χ0n) is 20.8. The number of hydrogen-bond donors (Lipinski definition) is 0. The molecule has 2 saturated heterocycles. The summed E-state index contributed by atoms with van der Waals surface area (Å²) in [7, 11) is 0. The summed E-state index contributed by atoms with van der Waals surface area (Å²) < 4.78 is 5.52. The standard InChI is InChI=1S/C28H32N6O2/c1-3-18-12-23(32-30-15-18)26-17(2)22(14-29)28(31-27(26)20-6-7-20)33-9-10-34(24(16-33)19-4-5-19)25(35)13-21-8-11-36-21/h3,12,15,19-21,24H,1,4-11,13,16H2,2H3/t21-,24+/m1/s1. The van der Waals surface area contributed by atoms with Crippen molar-refractivity contribution in [1.82, 2.24) is 20.1 Å². The van der Waals surface area contributed by atoms with E-state index in [-0.39, 0.29) is 18.1 Å². The number of carbonyl (C=O) groups excluding carboxylic acids is 1. The summed E-state index contributed by atoms with van der Waals surface area (Å²) in [4.78, 5) is 22.6. The Morgan fingerprint density at radius 1 is 1.28 bits per heavy atom. The van der Waals surface area contributed by atoms with Crippen LogP contribution >= 0.6 is 0 Å². The molecule has 0 unspecified atom stereocenters. The first-order valence-corrected chi connectivity index (χ1v) is 13.1. The number of hydrogen-bond acceptors (Lipinski definition) is 7. The lowest BCUT2D eigenvalue weighted by atomic mass is 9.95. The largest absolute Gasteiger partial charge is 0.377 e. The van der Waals surface area contributed by atoms with Gasteiger partial charge in [-0.3, -0.25) is 4.79 Å². The van der Waals surface area contributed by atoms with E-state index < -0.39 is 0 Å². The predicted octanol–water partition coefficient (Wildman–Crippen LogP) is 3.85. The molecule has 0 radical (unpaired) electrons. The van der Waals surface area contributed by atoms with Crippen molar-refractivity contribution in [1.29, 1.82) is 5.26 Å². The van der Waals surface area contributed by atoms with Gasteiger partial charge in [-0.1, -0.05) is 12.7 Å². The fourth-order valence-corrected chi connectivity index (χ4v) is 5.62. The van der Waals surface area contributed by atoms with E-state index in [2.05, 4.69) is 32.6 Å². The van der Waals surface area contributed by atoms with Crippen LogP contribution in [0.5, 0.6) is 0 Å². The smallest absolute Gasteiger partial charge is 0.225 e. The number of anilines is 1. The summed E-state index contributed by atoms with van der Waals surface area (Å²) in [5, 5.41) is 18.8. The highest BCUT2D eigenvalue weighted by molar-refractivity contribution is 5.78. The van der Waals surface area contributed by atoms with Crippen molar-refractivity contribution in [3.05, 3.63) is 41.2 Å². The van der Waals surface area contributed by atoms with Gasteiger partial charge >= 0.3 is 0 Å². The first kappa shape index (κ1) is 23.1. The van der Waals surface area contributed by atoms with Gasteiger partial charge in [0.05, 0.1) is 41.7 Å². The number of nitriles is 1. The minimum Gasteiger partial charge on any atom is -0.377 e. The van der Waals surface area contributed by atoms with Crippen LogP contribution in [0.4, 0.5) is 5.82 Å². The highest BCUT2D eigenvalue weighted by Gasteiger charge is 2.42. The van der Waals surface area contributed by atoms with Crippen molar-refractivity contribution in [3.63, 3.8) is 0 Å². The van der Waals surface area contributed by atoms with Gasteiger partial charge in [-0.2, -0.15) is 15.5 Å². The van der Waals surface area contributed by atoms with E-state index in [9.17, 15) is 10.1 Å². The molecule has 2 aromatic rings. The number of ether oxygens (including phenoxy) is 1. The second-order valence-electron chi connectivity index (χ2n) is 10.6. The molecule has 2 saturated carbocycles. The molecule has 0 N–H and O–H groups in total. The second kappa shape index (κ2) is 9.29. The van der Waals surface area contributed by atoms with Gasteiger partial charge in [-0.25, -0.2) is 4.98 Å². The number of rotatable bonds is 7. The van der Waals surface area contributed by atoms with Crippen molar-refractivity contribution in [3.8, 4) is 17.3 Å². The van der Waals surface area contributed by atoms with E-state index in [1.54, 1.807) is 12.3 Å². The van der Waals surface area contributed by atoms with Crippen LogP contribution in [0, 0.1) is 24.2 Å². The first-order valence-electron chi connectivity index (χ1n) is 13.1. The van der Waals surface area contributed by atoms with Crippen molar-refractivity contribution >= 4 is 17.8 Å². The zero-order valence-corrected chi connectivity index (χ0v) is 20.8.